The van der Waals surface area contributed by atoms with E-state index < -0.39 is 0 Å². The Bertz CT molecular complexity index is 379. The van der Waals surface area contributed by atoms with Gasteiger partial charge in [-0.1, -0.05) is 17.7 Å². The standard InChI is InChI=1S/C14H20N2/c1-11-9-12(2)14(13(3)10-11)16(4)8-6-5-7-15/h9-10H,5-6,8H2,1-4H3. The molecular formula is C14H20N2. The molecule has 0 bridgehead atoms. The Morgan fingerprint density at radius 2 is 1.75 bits per heavy atom. The molecule has 0 radical (unpaired) electrons. The van der Waals surface area contributed by atoms with E-state index in [9.17, 15) is 0 Å². The third-order valence-corrected chi connectivity index (χ3v) is 2.80. The molecule has 1 aromatic carbocycles. The summed E-state index contributed by atoms with van der Waals surface area (Å²) in [5.74, 6) is 0. The summed E-state index contributed by atoms with van der Waals surface area (Å²) in [6.07, 6.45) is 1.56. The Morgan fingerprint density at radius 1 is 1.19 bits per heavy atom. The molecule has 2 heteroatoms. The van der Waals surface area contributed by atoms with Crippen molar-refractivity contribution in [2.24, 2.45) is 0 Å². The quantitative estimate of drug-likeness (QED) is 0.722. The van der Waals surface area contributed by atoms with E-state index in [4.69, 9.17) is 5.26 Å². The molecule has 0 aliphatic rings. The first-order valence-corrected chi connectivity index (χ1v) is 5.72. The van der Waals surface area contributed by atoms with Crippen LogP contribution in [0.15, 0.2) is 12.1 Å². The second kappa shape index (κ2) is 5.55. The minimum absolute atomic E-state index is 0.633. The van der Waals surface area contributed by atoms with Gasteiger partial charge in [0, 0.05) is 25.7 Å². The van der Waals surface area contributed by atoms with Gasteiger partial charge in [0.25, 0.3) is 0 Å². The Kier molecular flexibility index (Phi) is 4.37. The second-order valence-corrected chi connectivity index (χ2v) is 4.43. The number of hydrogen-bond acceptors (Lipinski definition) is 2. The van der Waals surface area contributed by atoms with Crippen molar-refractivity contribution >= 4 is 5.69 Å². The molecule has 0 saturated carbocycles. The lowest BCUT2D eigenvalue weighted by molar-refractivity contribution is 0.802. The predicted octanol–water partition coefficient (Wildman–Crippen LogP) is 3.35. The van der Waals surface area contributed by atoms with E-state index in [-0.39, 0.29) is 0 Å². The van der Waals surface area contributed by atoms with Crippen LogP contribution in [0.3, 0.4) is 0 Å². The molecule has 16 heavy (non-hydrogen) atoms. The van der Waals surface area contributed by atoms with Crippen LogP contribution in [0.25, 0.3) is 0 Å². The van der Waals surface area contributed by atoms with Gasteiger partial charge in [0.15, 0.2) is 0 Å². The number of rotatable bonds is 4. The Hall–Kier alpha value is -1.49. The normalized spacial score (nSPS) is 9.94. The van der Waals surface area contributed by atoms with Crippen LogP contribution in [0.5, 0.6) is 0 Å². The molecule has 0 aliphatic carbocycles. The zero-order valence-electron chi connectivity index (χ0n) is 10.7. The minimum Gasteiger partial charge on any atom is -0.374 e. The molecule has 0 aliphatic heterocycles. The smallest absolute Gasteiger partial charge is 0.0622 e. The summed E-state index contributed by atoms with van der Waals surface area (Å²) >= 11 is 0. The lowest BCUT2D eigenvalue weighted by Gasteiger charge is -2.23. The first kappa shape index (κ1) is 12.6. The molecule has 0 saturated heterocycles. The molecule has 0 atom stereocenters. The van der Waals surface area contributed by atoms with Crippen LogP contribution in [0.1, 0.15) is 29.5 Å². The molecule has 0 aromatic heterocycles. The van der Waals surface area contributed by atoms with Gasteiger partial charge in [-0.2, -0.15) is 5.26 Å². The van der Waals surface area contributed by atoms with Crippen molar-refractivity contribution < 1.29 is 0 Å². The van der Waals surface area contributed by atoms with Crippen LogP contribution in [0.2, 0.25) is 0 Å². The van der Waals surface area contributed by atoms with Gasteiger partial charge < -0.3 is 4.90 Å². The van der Waals surface area contributed by atoms with Crippen LogP contribution >= 0.6 is 0 Å². The molecule has 0 unspecified atom stereocenters. The van der Waals surface area contributed by atoms with Crippen molar-refractivity contribution in [1.29, 1.82) is 5.26 Å². The van der Waals surface area contributed by atoms with Gasteiger partial charge in [-0.15, -0.1) is 0 Å². The highest BCUT2D eigenvalue weighted by molar-refractivity contribution is 5.59. The van der Waals surface area contributed by atoms with Crippen LogP contribution in [-0.2, 0) is 0 Å². The summed E-state index contributed by atoms with van der Waals surface area (Å²) in [4.78, 5) is 2.25. The maximum absolute atomic E-state index is 8.53. The lowest BCUT2D eigenvalue weighted by atomic mass is 10.0. The molecular weight excluding hydrogens is 196 g/mol. The average molecular weight is 216 g/mol. The number of nitrogens with zero attached hydrogens (tertiary/aromatic N) is 2. The summed E-state index contributed by atoms with van der Waals surface area (Å²) in [7, 11) is 2.10. The zero-order valence-corrected chi connectivity index (χ0v) is 10.7. The molecule has 0 amide bonds. The summed E-state index contributed by atoms with van der Waals surface area (Å²) in [5, 5.41) is 8.53. The van der Waals surface area contributed by atoms with Crippen molar-refractivity contribution in [3.05, 3.63) is 28.8 Å². The zero-order chi connectivity index (χ0) is 12.1. The van der Waals surface area contributed by atoms with E-state index in [1.54, 1.807) is 0 Å². The van der Waals surface area contributed by atoms with Crippen molar-refractivity contribution in [2.45, 2.75) is 33.6 Å². The minimum atomic E-state index is 0.633. The fourth-order valence-electron chi connectivity index (χ4n) is 2.28. The molecule has 0 heterocycles. The number of nitriles is 1. The summed E-state index contributed by atoms with van der Waals surface area (Å²) in [6.45, 7) is 7.37. The highest BCUT2D eigenvalue weighted by Crippen LogP contribution is 2.25. The third-order valence-electron chi connectivity index (χ3n) is 2.80. The monoisotopic (exact) mass is 216 g/mol. The number of benzene rings is 1. The van der Waals surface area contributed by atoms with Gasteiger partial charge in [0.2, 0.25) is 0 Å². The van der Waals surface area contributed by atoms with E-state index in [0.29, 0.717) is 6.42 Å². The van der Waals surface area contributed by atoms with Gasteiger partial charge in [-0.3, -0.25) is 0 Å². The second-order valence-electron chi connectivity index (χ2n) is 4.43. The average Bonchev–Trinajstić information content (AvgIpc) is 2.16. The lowest BCUT2D eigenvalue weighted by Crippen LogP contribution is -2.20. The van der Waals surface area contributed by atoms with Gasteiger partial charge in [-0.05, 0) is 38.3 Å². The number of unbranched alkanes of at least 4 members (excludes halogenated alkanes) is 1. The summed E-state index contributed by atoms with van der Waals surface area (Å²) in [6, 6.07) is 6.61. The van der Waals surface area contributed by atoms with E-state index in [2.05, 4.69) is 50.9 Å². The van der Waals surface area contributed by atoms with Crippen molar-refractivity contribution in [1.82, 2.24) is 0 Å². The largest absolute Gasteiger partial charge is 0.374 e. The van der Waals surface area contributed by atoms with E-state index >= 15 is 0 Å². The van der Waals surface area contributed by atoms with E-state index in [1.807, 2.05) is 0 Å². The first-order chi connectivity index (χ1) is 7.56. The van der Waals surface area contributed by atoms with Crippen LogP contribution in [0.4, 0.5) is 5.69 Å². The van der Waals surface area contributed by atoms with Crippen molar-refractivity contribution in [3.8, 4) is 6.07 Å². The number of anilines is 1. The maximum Gasteiger partial charge on any atom is 0.0622 e. The predicted molar refractivity (Wildman–Crippen MR) is 68.8 cm³/mol. The summed E-state index contributed by atoms with van der Waals surface area (Å²) in [5.41, 5.74) is 5.25. The van der Waals surface area contributed by atoms with E-state index in [1.165, 1.54) is 22.4 Å². The fraction of sp³-hybridized carbons (Fsp3) is 0.500. The van der Waals surface area contributed by atoms with Crippen LogP contribution < -0.4 is 4.90 Å². The Labute approximate surface area is 98.5 Å². The fourth-order valence-corrected chi connectivity index (χ4v) is 2.28. The Balaban J connectivity index is 2.83. The molecule has 86 valence electrons. The van der Waals surface area contributed by atoms with Crippen molar-refractivity contribution in [3.63, 3.8) is 0 Å². The van der Waals surface area contributed by atoms with Crippen LogP contribution in [-0.4, -0.2) is 13.6 Å². The van der Waals surface area contributed by atoms with Gasteiger partial charge in [-0.25, -0.2) is 0 Å². The maximum atomic E-state index is 8.53. The van der Waals surface area contributed by atoms with Gasteiger partial charge in [0.1, 0.15) is 0 Å². The molecule has 1 rings (SSSR count). The van der Waals surface area contributed by atoms with Crippen molar-refractivity contribution in [2.75, 3.05) is 18.5 Å². The number of aryl methyl sites for hydroxylation is 3. The Morgan fingerprint density at radius 3 is 2.25 bits per heavy atom. The summed E-state index contributed by atoms with van der Waals surface area (Å²) < 4.78 is 0. The molecule has 2 nitrogen and oxygen atoms in total. The van der Waals surface area contributed by atoms with Crippen LogP contribution in [0, 0.1) is 32.1 Å². The molecule has 1 aromatic rings. The van der Waals surface area contributed by atoms with Gasteiger partial charge >= 0.3 is 0 Å². The first-order valence-electron chi connectivity index (χ1n) is 5.72. The topological polar surface area (TPSA) is 27.0 Å². The number of hydrogen-bond donors (Lipinski definition) is 0. The highest BCUT2D eigenvalue weighted by atomic mass is 15.1. The molecule has 0 spiro atoms. The van der Waals surface area contributed by atoms with E-state index in [0.717, 1.165) is 13.0 Å². The molecule has 0 fully saturated rings. The van der Waals surface area contributed by atoms with Gasteiger partial charge in [0.05, 0.1) is 6.07 Å². The molecule has 0 N–H and O–H groups in total. The SMILES string of the molecule is Cc1cc(C)c(N(C)CCCC#N)c(C)c1. The third kappa shape index (κ3) is 3.00. The highest BCUT2D eigenvalue weighted by Gasteiger charge is 2.08.